The van der Waals surface area contributed by atoms with Crippen molar-refractivity contribution in [1.82, 2.24) is 13.7 Å². The van der Waals surface area contributed by atoms with Crippen LogP contribution in [0.3, 0.4) is 0 Å². The third kappa shape index (κ3) is 2.82. The van der Waals surface area contributed by atoms with Crippen LogP contribution in [0, 0.1) is 0 Å². The Hall–Kier alpha value is -6.36. The van der Waals surface area contributed by atoms with Crippen molar-refractivity contribution in [2.75, 3.05) is 0 Å². The summed E-state index contributed by atoms with van der Waals surface area (Å²) in [5.41, 5.74) is 20.3. The summed E-state index contributed by atoms with van der Waals surface area (Å²) in [6.07, 6.45) is 0. The number of nitrogens with zero attached hydrogens (tertiary/aromatic N) is 3. The minimum absolute atomic E-state index is 0.0725. The minimum Gasteiger partial charge on any atom is -0.309 e. The van der Waals surface area contributed by atoms with Crippen molar-refractivity contribution in [3.05, 3.63) is 152 Å². The Morgan fingerprint density at radius 2 is 0.722 bits per heavy atom. The summed E-state index contributed by atoms with van der Waals surface area (Å²) in [6.45, 7) is 0.167. The van der Waals surface area contributed by atoms with Crippen LogP contribution in [-0.2, 0) is 0 Å². The number of benzene rings is 8. The van der Waals surface area contributed by atoms with Crippen molar-refractivity contribution in [2.24, 2.45) is 0 Å². The number of rotatable bonds is 0. The smallest absolute Gasteiger partial charge is 0.252 e. The van der Waals surface area contributed by atoms with E-state index in [0.717, 1.165) is 0 Å². The fourth-order valence-electron chi connectivity index (χ4n) is 11.5. The second-order valence-electron chi connectivity index (χ2n) is 15.5. The Labute approximate surface area is 314 Å². The van der Waals surface area contributed by atoms with Crippen LogP contribution in [0.4, 0.5) is 0 Å². The van der Waals surface area contributed by atoms with E-state index in [-0.39, 0.29) is 13.4 Å². The second kappa shape index (κ2) is 9.04. The third-order valence-corrected chi connectivity index (χ3v) is 14.5. The van der Waals surface area contributed by atoms with Gasteiger partial charge in [-0.15, -0.1) is 0 Å². The number of aromatic nitrogens is 3. The van der Waals surface area contributed by atoms with Gasteiger partial charge in [0.25, 0.3) is 6.71 Å². The summed E-state index contributed by atoms with van der Waals surface area (Å²) >= 11 is 1.99. The molecule has 4 aliphatic heterocycles. The van der Waals surface area contributed by atoms with Crippen molar-refractivity contribution in [2.45, 2.75) is 9.79 Å². The van der Waals surface area contributed by atoms with Gasteiger partial charge in [-0.05, 0) is 51.6 Å². The Morgan fingerprint density at radius 1 is 0.333 bits per heavy atom. The first kappa shape index (κ1) is 27.3. The van der Waals surface area contributed by atoms with Gasteiger partial charge in [-0.2, -0.15) is 0 Å². The number of hydrogen-bond donors (Lipinski definition) is 0. The van der Waals surface area contributed by atoms with Crippen LogP contribution in [0.25, 0.3) is 82.5 Å². The summed E-state index contributed by atoms with van der Waals surface area (Å²) < 4.78 is 8.02. The Kier molecular flexibility index (Phi) is 4.57. The molecule has 0 saturated carbocycles. The molecule has 7 heterocycles. The van der Waals surface area contributed by atoms with E-state index in [1.165, 1.54) is 125 Å². The monoisotopic (exact) mass is 697 g/mol. The lowest BCUT2D eigenvalue weighted by Crippen LogP contribution is -2.64. The molecule has 54 heavy (non-hydrogen) atoms. The fourth-order valence-corrected chi connectivity index (χ4v) is 12.7. The molecular weight excluding hydrogens is 672 g/mol. The molecule has 0 aliphatic carbocycles. The van der Waals surface area contributed by atoms with Gasteiger partial charge < -0.3 is 13.7 Å². The largest absolute Gasteiger partial charge is 0.309 e. The predicted octanol–water partition coefficient (Wildman–Crippen LogP) is 7.42. The average molecular weight is 697 g/mol. The maximum atomic E-state index is 2.68. The van der Waals surface area contributed by atoms with Gasteiger partial charge in [0.2, 0.25) is 6.71 Å². The average Bonchev–Trinajstić information content (AvgIpc) is 3.87. The number of hydrogen-bond acceptors (Lipinski definition) is 1. The Balaban J connectivity index is 1.29. The van der Waals surface area contributed by atoms with Gasteiger partial charge in [0.15, 0.2) is 0 Å². The summed E-state index contributed by atoms with van der Waals surface area (Å²) in [7, 11) is 0. The summed E-state index contributed by atoms with van der Waals surface area (Å²) in [5, 5.41) is 7.93. The van der Waals surface area contributed by atoms with Gasteiger partial charge in [0.05, 0.1) is 33.6 Å². The molecular formula is C48H25B2N3S. The first-order valence-electron chi connectivity index (χ1n) is 18.9. The molecule has 4 aliphatic rings. The summed E-state index contributed by atoms with van der Waals surface area (Å²) in [4.78, 5) is 2.74. The zero-order chi connectivity index (χ0) is 34.6. The quantitative estimate of drug-likeness (QED) is 0.151. The molecule has 0 unspecified atom stereocenters. The fraction of sp³-hybridized carbons (Fsp3) is 0. The highest BCUT2D eigenvalue weighted by atomic mass is 32.2. The molecule has 0 spiro atoms. The molecule has 0 atom stereocenters. The topological polar surface area (TPSA) is 14.8 Å². The van der Waals surface area contributed by atoms with Crippen LogP contribution >= 0.6 is 11.8 Å². The Morgan fingerprint density at radius 3 is 1.26 bits per heavy atom. The molecule has 11 aromatic rings. The minimum atomic E-state index is 0.0725. The molecule has 0 bridgehead atoms. The highest BCUT2D eigenvalue weighted by molar-refractivity contribution is 8.00. The second-order valence-corrected chi connectivity index (χ2v) is 16.5. The van der Waals surface area contributed by atoms with Crippen LogP contribution in [0.15, 0.2) is 161 Å². The zero-order valence-corrected chi connectivity index (χ0v) is 29.7. The maximum absolute atomic E-state index is 2.68. The molecule has 244 valence electrons. The van der Waals surface area contributed by atoms with Crippen molar-refractivity contribution in [3.8, 4) is 17.1 Å². The summed E-state index contributed by atoms with van der Waals surface area (Å²) in [5.74, 6) is 0. The third-order valence-electron chi connectivity index (χ3n) is 13.3. The van der Waals surface area contributed by atoms with E-state index in [1.54, 1.807) is 0 Å². The van der Waals surface area contributed by atoms with Crippen LogP contribution in [0.1, 0.15) is 0 Å². The van der Waals surface area contributed by atoms with E-state index in [9.17, 15) is 0 Å². The van der Waals surface area contributed by atoms with Crippen LogP contribution in [-0.4, -0.2) is 27.1 Å². The van der Waals surface area contributed by atoms with Crippen LogP contribution in [0.2, 0.25) is 0 Å². The standard InChI is InChI=1S/C48H25B2N3S/c1-5-22-36-26(12-1)30-16-10-20-34-43(30)51(36)45-40-47(53-38-24-7-3-14-28(38)31-17-11-21-35(44(31)53)50(34)40)48-41-46(45)52-37-23-6-2-13-27(37)29-15-9-19-33(42(29)52)49(41)32-18-4-8-25-39(32)54-48/h1-25H. The van der Waals surface area contributed by atoms with Gasteiger partial charge in [-0.3, -0.25) is 0 Å². The van der Waals surface area contributed by atoms with Crippen molar-refractivity contribution in [1.29, 1.82) is 0 Å². The predicted molar refractivity (Wildman–Crippen MR) is 229 cm³/mol. The normalized spacial score (nSPS) is 14.1. The lowest BCUT2D eigenvalue weighted by atomic mass is 9.32. The van der Waals surface area contributed by atoms with E-state index in [2.05, 4.69) is 165 Å². The highest BCUT2D eigenvalue weighted by Gasteiger charge is 2.49. The van der Waals surface area contributed by atoms with Gasteiger partial charge in [-0.1, -0.05) is 145 Å². The van der Waals surface area contributed by atoms with Crippen molar-refractivity contribution in [3.63, 3.8) is 0 Å². The SMILES string of the molecule is c1ccc2c(c1)Sc1c3c(c4c5c1-n1c6ccccc6c6cccc(c61)B5c1cccc5c6ccccc6n-4c15)-n1c4ccccc4c4cccc(c41)B23. The van der Waals surface area contributed by atoms with E-state index >= 15 is 0 Å². The molecule has 0 fully saturated rings. The molecule has 15 rings (SSSR count). The van der Waals surface area contributed by atoms with E-state index in [4.69, 9.17) is 0 Å². The first-order chi connectivity index (χ1) is 26.9. The molecule has 8 aromatic carbocycles. The molecule has 6 heteroatoms. The highest BCUT2D eigenvalue weighted by Crippen LogP contribution is 2.47. The van der Waals surface area contributed by atoms with E-state index < -0.39 is 0 Å². The molecule has 0 N–H and O–H groups in total. The molecule has 0 radical (unpaired) electrons. The summed E-state index contributed by atoms with van der Waals surface area (Å²) in [6, 6.07) is 57.7. The molecule has 0 amide bonds. The number of para-hydroxylation sites is 6. The lowest BCUT2D eigenvalue weighted by molar-refractivity contribution is 1.06. The van der Waals surface area contributed by atoms with Gasteiger partial charge in [0.1, 0.15) is 0 Å². The first-order valence-corrected chi connectivity index (χ1v) is 19.8. The van der Waals surface area contributed by atoms with Crippen LogP contribution < -0.4 is 32.8 Å². The maximum Gasteiger partial charge on any atom is 0.252 e. The molecule has 3 aromatic heterocycles. The van der Waals surface area contributed by atoms with Gasteiger partial charge in [-0.25, -0.2) is 0 Å². The Bertz CT molecular complexity index is 3620. The zero-order valence-electron chi connectivity index (χ0n) is 28.8. The van der Waals surface area contributed by atoms with Gasteiger partial charge >= 0.3 is 0 Å². The van der Waals surface area contributed by atoms with Crippen LogP contribution in [0.5, 0.6) is 0 Å². The van der Waals surface area contributed by atoms with E-state index in [0.29, 0.717) is 0 Å². The molecule has 0 saturated heterocycles. The van der Waals surface area contributed by atoms with Crippen molar-refractivity contribution < 1.29 is 0 Å². The molecule has 3 nitrogen and oxygen atoms in total. The van der Waals surface area contributed by atoms with E-state index in [1.807, 2.05) is 11.8 Å². The number of fused-ring (bicyclic) bond motifs is 19. The van der Waals surface area contributed by atoms with Crippen molar-refractivity contribution >= 4 is 123 Å². The van der Waals surface area contributed by atoms with Gasteiger partial charge in [0, 0.05) is 58.7 Å². The lowest BCUT2D eigenvalue weighted by Gasteiger charge is -2.42.